The molecule has 0 aliphatic carbocycles. The van der Waals surface area contributed by atoms with Gasteiger partial charge in [0.2, 0.25) is 0 Å². The molecule has 1 aliphatic rings. The van der Waals surface area contributed by atoms with E-state index in [2.05, 4.69) is 37.4 Å². The molecule has 0 amide bonds. The number of β-amino-alcohol motifs (C(OH)–C–C–N with tert-alkyl or cyclic N) is 1. The molecule has 15 heavy (non-hydrogen) atoms. The van der Waals surface area contributed by atoms with E-state index in [9.17, 15) is 5.11 Å². The number of hydrogen-bond acceptors (Lipinski definition) is 2. The van der Waals surface area contributed by atoms with Crippen LogP contribution in [0.1, 0.15) is 29.0 Å². The molecule has 2 atom stereocenters. The summed E-state index contributed by atoms with van der Waals surface area (Å²) in [6, 6.07) is 6.36. The minimum atomic E-state index is -0.237. The Labute approximate surface area is 91.3 Å². The van der Waals surface area contributed by atoms with Crippen molar-refractivity contribution in [1.82, 2.24) is 5.32 Å². The molecule has 2 N–H and O–H groups in total. The van der Waals surface area contributed by atoms with Gasteiger partial charge in [-0.15, -0.1) is 0 Å². The summed E-state index contributed by atoms with van der Waals surface area (Å²) < 4.78 is 0. The molecular formula is C13H19NO. The van der Waals surface area contributed by atoms with Crippen LogP contribution in [0.15, 0.2) is 18.2 Å². The number of hydrogen-bond donors (Lipinski definition) is 2. The van der Waals surface area contributed by atoms with Gasteiger partial charge in [0.05, 0.1) is 6.10 Å². The Hall–Kier alpha value is -0.860. The highest BCUT2D eigenvalue weighted by Crippen LogP contribution is 2.30. The molecule has 0 bridgehead atoms. The van der Waals surface area contributed by atoms with Crippen LogP contribution >= 0.6 is 0 Å². The van der Waals surface area contributed by atoms with Gasteiger partial charge in [0.15, 0.2) is 0 Å². The lowest BCUT2D eigenvalue weighted by Crippen LogP contribution is -2.39. The summed E-state index contributed by atoms with van der Waals surface area (Å²) in [5.41, 5.74) is 3.97. The zero-order valence-electron chi connectivity index (χ0n) is 9.46. The Kier molecular flexibility index (Phi) is 3.08. The third-order valence-electron chi connectivity index (χ3n) is 3.36. The van der Waals surface area contributed by atoms with Gasteiger partial charge in [-0.1, -0.05) is 18.2 Å². The number of nitrogens with one attached hydrogen (secondary N) is 1. The van der Waals surface area contributed by atoms with Crippen LogP contribution in [-0.4, -0.2) is 24.3 Å². The number of rotatable bonds is 1. The zero-order valence-corrected chi connectivity index (χ0v) is 9.46. The van der Waals surface area contributed by atoms with E-state index in [4.69, 9.17) is 0 Å². The fraction of sp³-hybridized carbons (Fsp3) is 0.538. The molecule has 1 fully saturated rings. The number of piperidine rings is 1. The van der Waals surface area contributed by atoms with E-state index in [1.807, 2.05) is 0 Å². The molecule has 2 nitrogen and oxygen atoms in total. The topological polar surface area (TPSA) is 32.3 Å². The minimum Gasteiger partial charge on any atom is -0.391 e. The molecule has 1 heterocycles. The van der Waals surface area contributed by atoms with Crippen molar-refractivity contribution in [2.24, 2.45) is 0 Å². The molecule has 1 aromatic rings. The molecule has 1 saturated heterocycles. The highest BCUT2D eigenvalue weighted by atomic mass is 16.3. The largest absolute Gasteiger partial charge is 0.391 e. The van der Waals surface area contributed by atoms with E-state index >= 15 is 0 Å². The van der Waals surface area contributed by atoms with Crippen molar-refractivity contribution in [3.8, 4) is 0 Å². The third kappa shape index (κ3) is 2.06. The van der Waals surface area contributed by atoms with E-state index in [-0.39, 0.29) is 6.10 Å². The highest BCUT2D eigenvalue weighted by molar-refractivity contribution is 5.37. The van der Waals surface area contributed by atoms with Crippen LogP contribution < -0.4 is 5.32 Å². The van der Waals surface area contributed by atoms with E-state index in [1.54, 1.807) is 0 Å². The maximum Gasteiger partial charge on any atom is 0.0733 e. The number of benzene rings is 1. The molecule has 2 rings (SSSR count). The zero-order chi connectivity index (χ0) is 10.8. The molecule has 0 aromatic heterocycles. The Bertz CT molecular complexity index is 328. The highest BCUT2D eigenvalue weighted by Gasteiger charge is 2.26. The predicted molar refractivity (Wildman–Crippen MR) is 62.2 cm³/mol. The molecule has 2 heteroatoms. The molecule has 1 aliphatic heterocycles. The first-order valence-electron chi connectivity index (χ1n) is 5.65. The van der Waals surface area contributed by atoms with Gasteiger partial charge in [0.25, 0.3) is 0 Å². The van der Waals surface area contributed by atoms with Crippen LogP contribution in [0, 0.1) is 13.8 Å². The van der Waals surface area contributed by atoms with Gasteiger partial charge in [0, 0.05) is 12.5 Å². The average molecular weight is 205 g/mol. The van der Waals surface area contributed by atoms with Crippen molar-refractivity contribution < 1.29 is 5.11 Å². The average Bonchev–Trinajstić information content (AvgIpc) is 2.20. The second-order valence-corrected chi connectivity index (χ2v) is 4.47. The lowest BCUT2D eigenvalue weighted by molar-refractivity contribution is 0.118. The van der Waals surface area contributed by atoms with Gasteiger partial charge >= 0.3 is 0 Å². The molecule has 2 unspecified atom stereocenters. The standard InChI is InChI=1S/C13H19NO/c1-9-4-3-5-10(2)13(9)11-6-7-14-8-12(11)15/h3-5,11-12,14-15H,6-8H2,1-2H3. The number of aliphatic hydroxyl groups excluding tert-OH is 1. The maximum atomic E-state index is 10.0. The summed E-state index contributed by atoms with van der Waals surface area (Å²) >= 11 is 0. The van der Waals surface area contributed by atoms with Crippen molar-refractivity contribution in [2.75, 3.05) is 13.1 Å². The van der Waals surface area contributed by atoms with Gasteiger partial charge in [-0.25, -0.2) is 0 Å². The molecule has 0 saturated carbocycles. The van der Waals surface area contributed by atoms with Gasteiger partial charge in [-0.3, -0.25) is 0 Å². The first-order chi connectivity index (χ1) is 7.20. The third-order valence-corrected chi connectivity index (χ3v) is 3.36. The molecular weight excluding hydrogens is 186 g/mol. The van der Waals surface area contributed by atoms with Crippen molar-refractivity contribution in [3.63, 3.8) is 0 Å². The van der Waals surface area contributed by atoms with Crippen molar-refractivity contribution in [3.05, 3.63) is 34.9 Å². The van der Waals surface area contributed by atoms with Crippen molar-refractivity contribution in [2.45, 2.75) is 32.3 Å². The van der Waals surface area contributed by atoms with Crippen molar-refractivity contribution >= 4 is 0 Å². The summed E-state index contributed by atoms with van der Waals surface area (Å²) in [7, 11) is 0. The molecule has 0 spiro atoms. The van der Waals surface area contributed by atoms with E-state index in [1.165, 1.54) is 16.7 Å². The van der Waals surface area contributed by atoms with Crippen LogP contribution in [0.5, 0.6) is 0 Å². The maximum absolute atomic E-state index is 10.0. The minimum absolute atomic E-state index is 0.237. The van der Waals surface area contributed by atoms with Crippen LogP contribution in [-0.2, 0) is 0 Å². The summed E-state index contributed by atoms with van der Waals surface area (Å²) in [5.74, 6) is 0.312. The monoisotopic (exact) mass is 205 g/mol. The quantitative estimate of drug-likeness (QED) is 0.732. The van der Waals surface area contributed by atoms with Crippen LogP contribution in [0.2, 0.25) is 0 Å². The number of aliphatic hydroxyl groups is 1. The second kappa shape index (κ2) is 4.33. The first-order valence-corrected chi connectivity index (χ1v) is 5.65. The van der Waals surface area contributed by atoms with E-state index in [0.29, 0.717) is 5.92 Å². The smallest absolute Gasteiger partial charge is 0.0733 e. The fourth-order valence-electron chi connectivity index (χ4n) is 2.59. The summed E-state index contributed by atoms with van der Waals surface area (Å²) in [6.45, 7) is 6.00. The lowest BCUT2D eigenvalue weighted by atomic mass is 9.83. The van der Waals surface area contributed by atoms with Gasteiger partial charge in [-0.2, -0.15) is 0 Å². The molecule has 82 valence electrons. The predicted octanol–water partition coefficient (Wildman–Crippen LogP) is 1.74. The van der Waals surface area contributed by atoms with E-state index < -0.39 is 0 Å². The summed E-state index contributed by atoms with van der Waals surface area (Å²) in [4.78, 5) is 0. The Morgan fingerprint density at radius 2 is 1.93 bits per heavy atom. The molecule has 1 aromatic carbocycles. The van der Waals surface area contributed by atoms with Crippen LogP contribution in [0.25, 0.3) is 0 Å². The normalized spacial score (nSPS) is 26.6. The second-order valence-electron chi connectivity index (χ2n) is 4.47. The summed E-state index contributed by atoms with van der Waals surface area (Å²) in [6.07, 6.45) is 0.797. The lowest BCUT2D eigenvalue weighted by Gasteiger charge is -2.30. The Morgan fingerprint density at radius 1 is 1.27 bits per heavy atom. The van der Waals surface area contributed by atoms with Gasteiger partial charge < -0.3 is 10.4 Å². The first kappa shape index (κ1) is 10.7. The van der Waals surface area contributed by atoms with Gasteiger partial charge in [0.1, 0.15) is 0 Å². The Balaban J connectivity index is 2.35. The molecule has 0 radical (unpaired) electrons. The number of aryl methyl sites for hydroxylation is 2. The Morgan fingerprint density at radius 3 is 2.53 bits per heavy atom. The van der Waals surface area contributed by atoms with E-state index in [0.717, 1.165) is 19.5 Å². The van der Waals surface area contributed by atoms with Gasteiger partial charge in [-0.05, 0) is 43.5 Å². The summed E-state index contributed by atoms with van der Waals surface area (Å²) in [5, 5.41) is 13.2. The van der Waals surface area contributed by atoms with Crippen LogP contribution in [0.4, 0.5) is 0 Å². The van der Waals surface area contributed by atoms with Crippen molar-refractivity contribution in [1.29, 1.82) is 0 Å². The fourth-order valence-corrected chi connectivity index (χ4v) is 2.59. The van der Waals surface area contributed by atoms with Crippen LogP contribution in [0.3, 0.4) is 0 Å². The SMILES string of the molecule is Cc1cccc(C)c1C1CCNCC1O.